The van der Waals surface area contributed by atoms with Crippen LogP contribution in [0.25, 0.3) is 11.3 Å². The van der Waals surface area contributed by atoms with Gasteiger partial charge in [0.1, 0.15) is 11.6 Å². The van der Waals surface area contributed by atoms with E-state index in [9.17, 15) is 14.7 Å². The van der Waals surface area contributed by atoms with E-state index in [4.69, 9.17) is 19.4 Å². The van der Waals surface area contributed by atoms with Crippen LogP contribution in [0, 0.1) is 0 Å². The number of anilines is 2. The summed E-state index contributed by atoms with van der Waals surface area (Å²) in [7, 11) is 1.61. The highest BCUT2D eigenvalue weighted by atomic mass is 16.5. The molecule has 174 valence electrons. The van der Waals surface area contributed by atoms with Crippen LogP contribution < -0.4 is 14.5 Å². The Morgan fingerprint density at radius 3 is 2.41 bits per heavy atom. The molecule has 0 saturated carbocycles. The zero-order valence-corrected chi connectivity index (χ0v) is 18.7. The number of ether oxygens (including phenoxy) is 2. The topological polar surface area (TPSA) is 105 Å². The fraction of sp³-hybridized carbons (Fsp3) is 0.280. The molecule has 9 heteroatoms. The predicted molar refractivity (Wildman–Crippen MR) is 125 cm³/mol. The molecular formula is C25H24N4O5. The molecule has 0 bridgehead atoms. The van der Waals surface area contributed by atoms with Crippen LogP contribution >= 0.6 is 0 Å². The second kappa shape index (κ2) is 9.11. The normalized spacial score (nSPS) is 15.4. The van der Waals surface area contributed by atoms with E-state index in [1.807, 2.05) is 29.2 Å². The number of carbonyl (C=O) groups excluding carboxylic acids is 1. The molecule has 0 unspecified atom stereocenters. The summed E-state index contributed by atoms with van der Waals surface area (Å²) in [6.07, 6.45) is 0.185. The number of rotatable bonds is 6. The van der Waals surface area contributed by atoms with Crippen molar-refractivity contribution in [3.63, 3.8) is 0 Å². The Balaban J connectivity index is 1.57. The largest absolute Gasteiger partial charge is 0.497 e. The third-order valence-corrected chi connectivity index (χ3v) is 6.06. The number of aromatic nitrogens is 2. The van der Waals surface area contributed by atoms with Crippen molar-refractivity contribution in [2.45, 2.75) is 13.0 Å². The van der Waals surface area contributed by atoms with Gasteiger partial charge in [-0.1, -0.05) is 24.3 Å². The summed E-state index contributed by atoms with van der Waals surface area (Å²) in [4.78, 5) is 37.8. The molecule has 1 saturated heterocycles. The van der Waals surface area contributed by atoms with Crippen molar-refractivity contribution >= 4 is 23.6 Å². The van der Waals surface area contributed by atoms with Crippen molar-refractivity contribution in [2.24, 2.45) is 0 Å². The molecule has 0 spiro atoms. The van der Waals surface area contributed by atoms with Crippen molar-refractivity contribution in [3.05, 3.63) is 65.2 Å². The average Bonchev–Trinajstić information content (AvgIpc) is 3.19. The molecule has 0 radical (unpaired) electrons. The molecule has 1 fully saturated rings. The first-order chi connectivity index (χ1) is 16.5. The highest BCUT2D eigenvalue weighted by molar-refractivity contribution is 6.02. The van der Waals surface area contributed by atoms with Crippen LogP contribution in [0.1, 0.15) is 21.5 Å². The van der Waals surface area contributed by atoms with Crippen LogP contribution in [0.15, 0.2) is 48.5 Å². The Bertz CT molecular complexity index is 1220. The fourth-order valence-electron chi connectivity index (χ4n) is 4.20. The van der Waals surface area contributed by atoms with Crippen molar-refractivity contribution in [2.75, 3.05) is 43.2 Å². The number of benzene rings is 2. The van der Waals surface area contributed by atoms with Crippen LogP contribution in [0.2, 0.25) is 0 Å². The Morgan fingerprint density at radius 1 is 1.06 bits per heavy atom. The van der Waals surface area contributed by atoms with E-state index in [2.05, 4.69) is 0 Å². The summed E-state index contributed by atoms with van der Waals surface area (Å²) >= 11 is 0. The van der Waals surface area contributed by atoms with Crippen LogP contribution in [0.3, 0.4) is 0 Å². The maximum atomic E-state index is 13.1. The molecule has 3 aromatic rings. The van der Waals surface area contributed by atoms with E-state index in [0.717, 1.165) is 22.4 Å². The smallest absolute Gasteiger partial charge is 0.335 e. The van der Waals surface area contributed by atoms with Crippen molar-refractivity contribution in [3.8, 4) is 17.0 Å². The van der Waals surface area contributed by atoms with Crippen molar-refractivity contribution < 1.29 is 24.2 Å². The SMILES string of the molecule is COc1ccc(CN2C(=O)Cc3c(-c4ccc(C(=O)O)cc4)nc(N4CCOCC4)nc32)cc1. The summed E-state index contributed by atoms with van der Waals surface area (Å²) in [5.41, 5.74) is 3.30. The number of aromatic carboxylic acids is 1. The summed E-state index contributed by atoms with van der Waals surface area (Å²) in [5.74, 6) is 0.835. The first-order valence-electron chi connectivity index (χ1n) is 11.0. The second-order valence-corrected chi connectivity index (χ2v) is 8.16. The number of carboxylic acid groups (broad SMARTS) is 1. The molecule has 2 aliphatic rings. The van der Waals surface area contributed by atoms with Crippen molar-refractivity contribution in [1.29, 1.82) is 0 Å². The van der Waals surface area contributed by atoms with Gasteiger partial charge in [-0.2, -0.15) is 4.98 Å². The predicted octanol–water partition coefficient (Wildman–Crippen LogP) is 2.78. The molecule has 3 heterocycles. The van der Waals surface area contributed by atoms with Crippen LogP contribution in [0.4, 0.5) is 11.8 Å². The number of carbonyl (C=O) groups is 2. The number of amides is 1. The van der Waals surface area contributed by atoms with Gasteiger partial charge in [-0.3, -0.25) is 9.69 Å². The number of hydrogen-bond donors (Lipinski definition) is 1. The van der Waals surface area contributed by atoms with Gasteiger partial charge in [0.05, 0.1) is 44.5 Å². The maximum absolute atomic E-state index is 13.1. The second-order valence-electron chi connectivity index (χ2n) is 8.16. The lowest BCUT2D eigenvalue weighted by atomic mass is 10.0. The van der Waals surface area contributed by atoms with Gasteiger partial charge in [0, 0.05) is 24.2 Å². The van der Waals surface area contributed by atoms with E-state index in [-0.39, 0.29) is 17.9 Å². The van der Waals surface area contributed by atoms with E-state index in [0.29, 0.717) is 50.3 Å². The lowest BCUT2D eigenvalue weighted by Gasteiger charge is -2.28. The number of methoxy groups -OCH3 is 1. The molecule has 5 rings (SSSR count). The minimum absolute atomic E-state index is 0.0531. The monoisotopic (exact) mass is 460 g/mol. The van der Waals surface area contributed by atoms with E-state index in [1.165, 1.54) is 0 Å². The van der Waals surface area contributed by atoms with Gasteiger partial charge in [-0.15, -0.1) is 0 Å². The van der Waals surface area contributed by atoms with Gasteiger partial charge >= 0.3 is 5.97 Å². The average molecular weight is 460 g/mol. The Kier molecular flexibility index (Phi) is 5.85. The lowest BCUT2D eigenvalue weighted by Crippen LogP contribution is -2.37. The minimum Gasteiger partial charge on any atom is -0.497 e. The Morgan fingerprint density at radius 2 is 1.76 bits per heavy atom. The highest BCUT2D eigenvalue weighted by Crippen LogP contribution is 2.37. The molecule has 1 aromatic heterocycles. The van der Waals surface area contributed by atoms with Crippen LogP contribution in [-0.4, -0.2) is 60.4 Å². The molecule has 2 aliphatic heterocycles. The Labute approximate surface area is 196 Å². The van der Waals surface area contributed by atoms with Crippen LogP contribution in [0.5, 0.6) is 5.75 Å². The van der Waals surface area contributed by atoms with Gasteiger partial charge in [-0.25, -0.2) is 9.78 Å². The number of fused-ring (bicyclic) bond motifs is 1. The number of carboxylic acids is 1. The van der Waals surface area contributed by atoms with Gasteiger partial charge < -0.3 is 19.5 Å². The summed E-state index contributed by atoms with van der Waals surface area (Å²) in [6.45, 7) is 2.85. The molecule has 1 amide bonds. The fourth-order valence-corrected chi connectivity index (χ4v) is 4.20. The summed E-state index contributed by atoms with van der Waals surface area (Å²) in [6, 6.07) is 14.1. The van der Waals surface area contributed by atoms with Gasteiger partial charge in [0.25, 0.3) is 0 Å². The summed E-state index contributed by atoms with van der Waals surface area (Å²) < 4.78 is 10.7. The third kappa shape index (κ3) is 4.17. The number of hydrogen-bond acceptors (Lipinski definition) is 7. The third-order valence-electron chi connectivity index (χ3n) is 6.06. The van der Waals surface area contributed by atoms with Gasteiger partial charge in [-0.05, 0) is 29.8 Å². The number of nitrogens with zero attached hydrogens (tertiary/aromatic N) is 4. The van der Waals surface area contributed by atoms with E-state index >= 15 is 0 Å². The first-order valence-corrected chi connectivity index (χ1v) is 11.0. The zero-order valence-electron chi connectivity index (χ0n) is 18.7. The minimum atomic E-state index is -0.991. The molecule has 9 nitrogen and oxygen atoms in total. The molecular weight excluding hydrogens is 436 g/mol. The molecule has 2 aromatic carbocycles. The maximum Gasteiger partial charge on any atom is 0.335 e. The zero-order chi connectivity index (χ0) is 23.7. The standard InChI is InChI=1S/C25H24N4O5/c1-33-19-8-2-16(3-9-19)15-29-21(30)14-20-22(17-4-6-18(7-5-17)24(31)32)26-25(27-23(20)29)28-10-12-34-13-11-28/h2-9H,10-15H2,1H3,(H,31,32). The lowest BCUT2D eigenvalue weighted by molar-refractivity contribution is -0.117. The molecule has 0 aliphatic carbocycles. The quantitative estimate of drug-likeness (QED) is 0.599. The molecule has 34 heavy (non-hydrogen) atoms. The van der Waals surface area contributed by atoms with Crippen molar-refractivity contribution in [1.82, 2.24) is 9.97 Å². The van der Waals surface area contributed by atoms with Crippen LogP contribution in [-0.2, 0) is 22.5 Å². The number of morpholine rings is 1. The van der Waals surface area contributed by atoms with E-state index < -0.39 is 5.97 Å². The van der Waals surface area contributed by atoms with Gasteiger partial charge in [0.15, 0.2) is 0 Å². The summed E-state index contributed by atoms with van der Waals surface area (Å²) in [5, 5.41) is 9.25. The Hall–Kier alpha value is -3.98. The first kappa shape index (κ1) is 21.8. The molecule has 0 atom stereocenters. The highest BCUT2D eigenvalue weighted by Gasteiger charge is 2.34. The van der Waals surface area contributed by atoms with Gasteiger partial charge in [0.2, 0.25) is 11.9 Å². The molecule has 1 N–H and O–H groups in total. The van der Waals surface area contributed by atoms with E-state index in [1.54, 1.807) is 36.3 Å².